The Morgan fingerprint density at radius 2 is 2.00 bits per heavy atom. The smallest absolute Gasteiger partial charge is 0.0449 e. The second kappa shape index (κ2) is 7.20. The molecule has 16 heavy (non-hydrogen) atoms. The summed E-state index contributed by atoms with van der Waals surface area (Å²) in [6.45, 7) is 5.24. The third-order valence-corrected chi connectivity index (χ3v) is 2.49. The van der Waals surface area contributed by atoms with Crippen LogP contribution in [0.5, 0.6) is 0 Å². The van der Waals surface area contributed by atoms with Crippen molar-refractivity contribution in [3.63, 3.8) is 0 Å². The fraction of sp³-hybridized carbons (Fsp3) is 0.429. The summed E-state index contributed by atoms with van der Waals surface area (Å²) >= 11 is 0. The van der Waals surface area contributed by atoms with Gasteiger partial charge in [-0.15, -0.1) is 0 Å². The van der Waals surface area contributed by atoms with Gasteiger partial charge in [0.1, 0.15) is 0 Å². The van der Waals surface area contributed by atoms with Gasteiger partial charge in [0.2, 0.25) is 0 Å². The summed E-state index contributed by atoms with van der Waals surface area (Å²) in [5.74, 6) is 0. The highest BCUT2D eigenvalue weighted by Crippen LogP contribution is 2.15. The van der Waals surface area contributed by atoms with E-state index in [1.807, 2.05) is 18.2 Å². The zero-order valence-electron chi connectivity index (χ0n) is 10.1. The Morgan fingerprint density at radius 3 is 2.56 bits per heavy atom. The van der Waals surface area contributed by atoms with E-state index in [-0.39, 0.29) is 12.6 Å². The van der Waals surface area contributed by atoms with Crippen LogP contribution in [0.25, 0.3) is 0 Å². The largest absolute Gasteiger partial charge is 0.396 e. The zero-order chi connectivity index (χ0) is 11.8. The Balaban J connectivity index is 2.58. The van der Waals surface area contributed by atoms with E-state index in [4.69, 9.17) is 5.11 Å². The van der Waals surface area contributed by atoms with Gasteiger partial charge in [0.15, 0.2) is 0 Å². The molecule has 0 aliphatic heterocycles. The average molecular weight is 219 g/mol. The van der Waals surface area contributed by atoms with Crippen molar-refractivity contribution >= 4 is 0 Å². The summed E-state index contributed by atoms with van der Waals surface area (Å²) in [6, 6.07) is 10.5. The van der Waals surface area contributed by atoms with E-state index < -0.39 is 0 Å². The number of hydrogen-bond acceptors (Lipinski definition) is 2. The first kappa shape index (κ1) is 12.9. The minimum atomic E-state index is 0.210. The van der Waals surface area contributed by atoms with Gasteiger partial charge in [-0.2, -0.15) is 0 Å². The lowest BCUT2D eigenvalue weighted by Crippen LogP contribution is -2.22. The van der Waals surface area contributed by atoms with Crippen LogP contribution < -0.4 is 5.32 Å². The van der Waals surface area contributed by atoms with E-state index in [1.165, 1.54) is 11.1 Å². The molecule has 0 saturated heterocycles. The van der Waals surface area contributed by atoms with Crippen molar-refractivity contribution in [2.75, 3.05) is 13.2 Å². The molecule has 0 amide bonds. The van der Waals surface area contributed by atoms with Crippen molar-refractivity contribution < 1.29 is 5.11 Å². The van der Waals surface area contributed by atoms with Gasteiger partial charge in [-0.3, -0.25) is 0 Å². The first-order valence-corrected chi connectivity index (χ1v) is 5.76. The molecule has 0 spiro atoms. The minimum absolute atomic E-state index is 0.210. The molecule has 2 nitrogen and oxygen atoms in total. The van der Waals surface area contributed by atoms with Crippen LogP contribution in [-0.2, 0) is 0 Å². The molecule has 0 bridgehead atoms. The first-order chi connectivity index (χ1) is 7.74. The number of rotatable bonds is 6. The first-order valence-electron chi connectivity index (χ1n) is 5.76. The van der Waals surface area contributed by atoms with Crippen LogP contribution in [0.3, 0.4) is 0 Å². The molecule has 1 aromatic carbocycles. The second-order valence-corrected chi connectivity index (χ2v) is 4.17. The molecule has 2 N–H and O–H groups in total. The fourth-order valence-electron chi connectivity index (χ4n) is 1.61. The molecule has 1 rings (SSSR count). The number of allylic oxidation sites excluding steroid dienone is 1. The number of nitrogens with one attached hydrogen (secondary N) is 1. The van der Waals surface area contributed by atoms with Crippen molar-refractivity contribution in [3.05, 3.63) is 47.5 Å². The number of benzene rings is 1. The Hall–Kier alpha value is -1.12. The topological polar surface area (TPSA) is 32.3 Å². The standard InChI is InChI=1S/C14H21NO/c1-12(2)8-10-15-14(9-11-16)13-6-4-3-5-7-13/h3-8,14-16H,9-11H2,1-2H3. The molecule has 0 radical (unpaired) electrons. The molecule has 88 valence electrons. The van der Waals surface area contributed by atoms with Crippen LogP contribution in [0.15, 0.2) is 42.0 Å². The second-order valence-electron chi connectivity index (χ2n) is 4.17. The third-order valence-electron chi connectivity index (χ3n) is 2.49. The lowest BCUT2D eigenvalue weighted by Gasteiger charge is -2.17. The van der Waals surface area contributed by atoms with Gasteiger partial charge in [0.25, 0.3) is 0 Å². The molecule has 0 fully saturated rings. The predicted molar refractivity (Wildman–Crippen MR) is 68.3 cm³/mol. The monoisotopic (exact) mass is 219 g/mol. The maximum Gasteiger partial charge on any atom is 0.0449 e. The zero-order valence-corrected chi connectivity index (χ0v) is 10.1. The molecule has 0 aromatic heterocycles. The van der Waals surface area contributed by atoms with E-state index in [0.29, 0.717) is 0 Å². The van der Waals surface area contributed by atoms with Gasteiger partial charge in [-0.25, -0.2) is 0 Å². The molecule has 0 saturated carbocycles. The Kier molecular flexibility index (Phi) is 5.83. The number of aliphatic hydroxyl groups excluding tert-OH is 1. The lowest BCUT2D eigenvalue weighted by molar-refractivity contribution is 0.267. The summed E-state index contributed by atoms with van der Waals surface area (Å²) in [7, 11) is 0. The van der Waals surface area contributed by atoms with Gasteiger partial charge in [-0.1, -0.05) is 42.0 Å². The molecule has 1 atom stereocenters. The van der Waals surface area contributed by atoms with Gasteiger partial charge in [0, 0.05) is 19.2 Å². The SMILES string of the molecule is CC(C)=CCNC(CCO)c1ccccc1. The quantitative estimate of drug-likeness (QED) is 0.721. The van der Waals surface area contributed by atoms with E-state index in [2.05, 4.69) is 37.4 Å². The van der Waals surface area contributed by atoms with E-state index in [0.717, 1.165) is 13.0 Å². The van der Waals surface area contributed by atoms with Crippen molar-refractivity contribution in [3.8, 4) is 0 Å². The van der Waals surface area contributed by atoms with E-state index in [1.54, 1.807) is 0 Å². The molecule has 1 aromatic rings. The molecule has 0 aliphatic rings. The molecule has 1 unspecified atom stereocenters. The highest BCUT2D eigenvalue weighted by molar-refractivity contribution is 5.19. The Morgan fingerprint density at radius 1 is 1.31 bits per heavy atom. The van der Waals surface area contributed by atoms with Gasteiger partial charge >= 0.3 is 0 Å². The van der Waals surface area contributed by atoms with Crippen molar-refractivity contribution in [1.82, 2.24) is 5.32 Å². The van der Waals surface area contributed by atoms with Crippen LogP contribution in [0.4, 0.5) is 0 Å². The highest BCUT2D eigenvalue weighted by atomic mass is 16.3. The van der Waals surface area contributed by atoms with Crippen LogP contribution in [-0.4, -0.2) is 18.3 Å². The molecule has 0 aliphatic carbocycles. The van der Waals surface area contributed by atoms with Gasteiger partial charge in [0.05, 0.1) is 0 Å². The number of aliphatic hydroxyl groups is 1. The van der Waals surface area contributed by atoms with Crippen molar-refractivity contribution in [2.24, 2.45) is 0 Å². The number of hydrogen-bond donors (Lipinski definition) is 2. The normalized spacial score (nSPS) is 12.2. The lowest BCUT2D eigenvalue weighted by atomic mass is 10.0. The summed E-state index contributed by atoms with van der Waals surface area (Å²) in [5, 5.41) is 12.5. The van der Waals surface area contributed by atoms with Crippen molar-refractivity contribution in [2.45, 2.75) is 26.3 Å². The van der Waals surface area contributed by atoms with Crippen LogP contribution in [0.2, 0.25) is 0 Å². The predicted octanol–water partition coefficient (Wildman–Crippen LogP) is 2.67. The van der Waals surface area contributed by atoms with Gasteiger partial charge < -0.3 is 10.4 Å². The highest BCUT2D eigenvalue weighted by Gasteiger charge is 2.08. The Labute approximate surface area is 98.0 Å². The van der Waals surface area contributed by atoms with Crippen LogP contribution in [0, 0.1) is 0 Å². The Bertz CT molecular complexity index is 315. The third kappa shape index (κ3) is 4.60. The molecular weight excluding hydrogens is 198 g/mol. The molecule has 2 heteroatoms. The minimum Gasteiger partial charge on any atom is -0.396 e. The summed E-state index contributed by atoms with van der Waals surface area (Å²) in [5.41, 5.74) is 2.54. The summed E-state index contributed by atoms with van der Waals surface area (Å²) in [6.07, 6.45) is 2.91. The maximum absolute atomic E-state index is 9.05. The summed E-state index contributed by atoms with van der Waals surface area (Å²) in [4.78, 5) is 0. The summed E-state index contributed by atoms with van der Waals surface area (Å²) < 4.78 is 0. The molecule has 0 heterocycles. The van der Waals surface area contributed by atoms with E-state index >= 15 is 0 Å². The van der Waals surface area contributed by atoms with E-state index in [9.17, 15) is 0 Å². The van der Waals surface area contributed by atoms with Crippen molar-refractivity contribution in [1.29, 1.82) is 0 Å². The van der Waals surface area contributed by atoms with Gasteiger partial charge in [-0.05, 0) is 25.8 Å². The fourth-order valence-corrected chi connectivity index (χ4v) is 1.61. The van der Waals surface area contributed by atoms with Crippen LogP contribution in [0.1, 0.15) is 31.9 Å². The average Bonchev–Trinajstić information content (AvgIpc) is 2.29. The van der Waals surface area contributed by atoms with Crippen LogP contribution >= 0.6 is 0 Å². The molecular formula is C14H21NO. The maximum atomic E-state index is 9.05.